The SMILES string of the molecule is C.[B].c1ccc2c(c1)CCC2. The van der Waals surface area contributed by atoms with Crippen molar-refractivity contribution in [2.75, 3.05) is 0 Å². The lowest BCUT2D eigenvalue weighted by molar-refractivity contribution is 0.912. The van der Waals surface area contributed by atoms with E-state index < -0.39 is 0 Å². The van der Waals surface area contributed by atoms with E-state index in [1.807, 2.05) is 0 Å². The van der Waals surface area contributed by atoms with Crippen LogP contribution < -0.4 is 0 Å². The van der Waals surface area contributed by atoms with Crippen LogP contribution in [-0.2, 0) is 12.8 Å². The van der Waals surface area contributed by atoms with E-state index in [1.54, 1.807) is 11.1 Å². The number of benzene rings is 1. The van der Waals surface area contributed by atoms with Gasteiger partial charge in [-0.05, 0) is 30.4 Å². The summed E-state index contributed by atoms with van der Waals surface area (Å²) in [5.41, 5.74) is 3.13. The minimum atomic E-state index is 0. The number of fused-ring (bicyclic) bond motifs is 1. The maximum atomic E-state index is 2.24. The van der Waals surface area contributed by atoms with Crippen molar-refractivity contribution in [2.24, 2.45) is 0 Å². The van der Waals surface area contributed by atoms with Gasteiger partial charge in [-0.3, -0.25) is 0 Å². The Morgan fingerprint density at radius 3 is 1.82 bits per heavy atom. The predicted octanol–water partition coefficient (Wildman–Crippen LogP) is 2.43. The molecule has 0 saturated carbocycles. The van der Waals surface area contributed by atoms with E-state index in [1.165, 1.54) is 19.3 Å². The van der Waals surface area contributed by atoms with Crippen LogP contribution in [0.15, 0.2) is 24.3 Å². The van der Waals surface area contributed by atoms with Crippen LogP contribution >= 0.6 is 0 Å². The second-order valence-electron chi connectivity index (χ2n) is 2.62. The molecule has 1 aliphatic carbocycles. The van der Waals surface area contributed by atoms with Crippen molar-refractivity contribution in [2.45, 2.75) is 26.7 Å². The average molecular weight is 145 g/mol. The number of hydrogen-bond acceptors (Lipinski definition) is 0. The van der Waals surface area contributed by atoms with Crippen molar-refractivity contribution in [3.63, 3.8) is 0 Å². The minimum absolute atomic E-state index is 0. The third-order valence-corrected chi connectivity index (χ3v) is 2.01. The maximum Gasteiger partial charge on any atom is 0 e. The molecule has 11 heavy (non-hydrogen) atoms. The first-order valence-electron chi connectivity index (χ1n) is 3.53. The highest BCUT2D eigenvalue weighted by Crippen LogP contribution is 2.20. The summed E-state index contributed by atoms with van der Waals surface area (Å²) in [4.78, 5) is 0. The van der Waals surface area contributed by atoms with Crippen molar-refractivity contribution in [3.8, 4) is 0 Å². The third-order valence-electron chi connectivity index (χ3n) is 2.01. The quantitative estimate of drug-likeness (QED) is 0.492. The van der Waals surface area contributed by atoms with Gasteiger partial charge in [-0.2, -0.15) is 0 Å². The molecular formula is C10H14B. The predicted molar refractivity (Wildman–Crippen MR) is 51.0 cm³/mol. The van der Waals surface area contributed by atoms with E-state index in [0.717, 1.165) is 0 Å². The highest BCUT2D eigenvalue weighted by molar-refractivity contribution is 5.75. The van der Waals surface area contributed by atoms with Crippen molar-refractivity contribution in [3.05, 3.63) is 35.4 Å². The molecule has 0 fully saturated rings. The van der Waals surface area contributed by atoms with E-state index in [-0.39, 0.29) is 15.8 Å². The summed E-state index contributed by atoms with van der Waals surface area (Å²) < 4.78 is 0. The van der Waals surface area contributed by atoms with E-state index in [9.17, 15) is 0 Å². The van der Waals surface area contributed by atoms with Gasteiger partial charge >= 0.3 is 0 Å². The molecule has 0 amide bonds. The Bertz CT molecular complexity index is 195. The molecule has 0 heterocycles. The minimum Gasteiger partial charge on any atom is -0.0776 e. The largest absolute Gasteiger partial charge is 0.0776 e. The van der Waals surface area contributed by atoms with E-state index in [2.05, 4.69) is 24.3 Å². The Morgan fingerprint density at radius 2 is 1.36 bits per heavy atom. The standard InChI is InChI=1S/C9H10.CH4.B/c1-2-5-9-7-3-6-8(9)4-1;;/h1-2,4-5H,3,6-7H2;1H4;. The molecule has 0 saturated heterocycles. The molecule has 0 spiro atoms. The van der Waals surface area contributed by atoms with Crippen LogP contribution in [0.5, 0.6) is 0 Å². The van der Waals surface area contributed by atoms with Crippen LogP contribution in [0.2, 0.25) is 0 Å². The zero-order valence-corrected chi connectivity index (χ0v) is 6.01. The lowest BCUT2D eigenvalue weighted by Crippen LogP contribution is -1.77. The first-order chi connectivity index (χ1) is 4.47. The van der Waals surface area contributed by atoms with Gasteiger partial charge in [-0.1, -0.05) is 31.7 Å². The zero-order chi connectivity index (χ0) is 6.10. The van der Waals surface area contributed by atoms with Crippen LogP contribution in [0.4, 0.5) is 0 Å². The Kier molecular flexibility index (Phi) is 3.95. The molecule has 0 unspecified atom stereocenters. The van der Waals surface area contributed by atoms with Crippen LogP contribution in [0.3, 0.4) is 0 Å². The summed E-state index contributed by atoms with van der Waals surface area (Å²) in [5.74, 6) is 0. The maximum absolute atomic E-state index is 2.24. The first-order valence-corrected chi connectivity index (χ1v) is 3.53. The Balaban J connectivity index is 0.000000500. The Labute approximate surface area is 71.2 Å². The van der Waals surface area contributed by atoms with Crippen LogP contribution in [-0.4, -0.2) is 8.41 Å². The molecule has 0 bridgehead atoms. The summed E-state index contributed by atoms with van der Waals surface area (Å²) >= 11 is 0. The van der Waals surface area contributed by atoms with E-state index in [4.69, 9.17) is 0 Å². The van der Waals surface area contributed by atoms with Crippen LogP contribution in [0, 0.1) is 0 Å². The lowest BCUT2D eigenvalue weighted by atomic mass is 10.1. The average Bonchev–Trinajstić information content (AvgIpc) is 2.33. The normalized spacial score (nSPS) is 12.7. The van der Waals surface area contributed by atoms with Gasteiger partial charge in [0.05, 0.1) is 0 Å². The zero-order valence-electron chi connectivity index (χ0n) is 6.01. The van der Waals surface area contributed by atoms with Gasteiger partial charge in [-0.15, -0.1) is 0 Å². The molecule has 2 rings (SSSR count). The summed E-state index contributed by atoms with van der Waals surface area (Å²) in [6.07, 6.45) is 3.96. The van der Waals surface area contributed by atoms with Gasteiger partial charge in [0.2, 0.25) is 0 Å². The molecule has 1 aromatic carbocycles. The van der Waals surface area contributed by atoms with Crippen molar-refractivity contribution >= 4 is 8.41 Å². The molecule has 0 atom stereocenters. The van der Waals surface area contributed by atoms with Gasteiger partial charge in [-0.25, -0.2) is 0 Å². The fraction of sp³-hybridized carbons (Fsp3) is 0.400. The van der Waals surface area contributed by atoms with Gasteiger partial charge < -0.3 is 0 Å². The van der Waals surface area contributed by atoms with Gasteiger partial charge in [0, 0.05) is 8.41 Å². The molecule has 0 nitrogen and oxygen atoms in total. The van der Waals surface area contributed by atoms with Crippen molar-refractivity contribution in [1.82, 2.24) is 0 Å². The molecule has 0 aromatic heterocycles. The molecular weight excluding hydrogens is 131 g/mol. The second kappa shape index (κ2) is 4.22. The van der Waals surface area contributed by atoms with Gasteiger partial charge in [0.15, 0.2) is 0 Å². The number of hydrogen-bond donors (Lipinski definition) is 0. The smallest absolute Gasteiger partial charge is 0 e. The fourth-order valence-electron chi connectivity index (χ4n) is 1.51. The molecule has 3 radical (unpaired) electrons. The van der Waals surface area contributed by atoms with E-state index in [0.29, 0.717) is 0 Å². The fourth-order valence-corrected chi connectivity index (χ4v) is 1.51. The molecule has 57 valence electrons. The second-order valence-corrected chi connectivity index (χ2v) is 2.62. The van der Waals surface area contributed by atoms with Gasteiger partial charge in [0.1, 0.15) is 0 Å². The first kappa shape index (κ1) is 10.3. The highest BCUT2D eigenvalue weighted by Gasteiger charge is 2.07. The molecule has 1 aliphatic rings. The monoisotopic (exact) mass is 145 g/mol. The summed E-state index contributed by atoms with van der Waals surface area (Å²) in [7, 11) is 0. The van der Waals surface area contributed by atoms with Crippen LogP contribution in [0.25, 0.3) is 0 Å². The molecule has 1 heteroatoms. The third kappa shape index (κ3) is 1.86. The summed E-state index contributed by atoms with van der Waals surface area (Å²) in [6.45, 7) is 0. The molecule has 1 aromatic rings. The van der Waals surface area contributed by atoms with Crippen molar-refractivity contribution in [1.29, 1.82) is 0 Å². The number of aryl methyl sites for hydroxylation is 2. The van der Waals surface area contributed by atoms with E-state index >= 15 is 0 Å². The highest BCUT2D eigenvalue weighted by atomic mass is 14.1. The lowest BCUT2D eigenvalue weighted by Gasteiger charge is -1.93. The molecule has 0 aliphatic heterocycles. The molecule has 0 N–H and O–H groups in total. The van der Waals surface area contributed by atoms with Crippen molar-refractivity contribution < 1.29 is 0 Å². The Hall–Kier alpha value is -0.715. The van der Waals surface area contributed by atoms with Crippen LogP contribution in [0.1, 0.15) is 25.0 Å². The number of rotatable bonds is 0. The summed E-state index contributed by atoms with van der Waals surface area (Å²) in [5, 5.41) is 0. The van der Waals surface area contributed by atoms with Gasteiger partial charge in [0.25, 0.3) is 0 Å². The Morgan fingerprint density at radius 1 is 0.909 bits per heavy atom. The topological polar surface area (TPSA) is 0 Å². The summed E-state index contributed by atoms with van der Waals surface area (Å²) in [6, 6.07) is 8.74.